The number of aliphatic hydroxyl groups is 1. The maximum absolute atomic E-state index is 12.2. The summed E-state index contributed by atoms with van der Waals surface area (Å²) in [5, 5.41) is 21.9. The molecular formula is C14H18N2O5. The zero-order valence-electron chi connectivity index (χ0n) is 11.9. The Bertz CT molecular complexity index is 568. The second kappa shape index (κ2) is 4.56. The number of carboxylic acid groups (broad SMARTS) is 1. The first-order chi connectivity index (χ1) is 9.84. The maximum Gasteiger partial charge on any atom is 0.352 e. The van der Waals surface area contributed by atoms with Gasteiger partial charge in [0.05, 0.1) is 18.1 Å². The van der Waals surface area contributed by atoms with Gasteiger partial charge >= 0.3 is 5.97 Å². The topological polar surface area (TPSA) is 107 Å². The molecule has 1 unspecified atom stereocenters. The van der Waals surface area contributed by atoms with Crippen LogP contribution in [0.5, 0.6) is 0 Å². The number of carbonyl (C=O) groups is 3. The van der Waals surface area contributed by atoms with Gasteiger partial charge in [-0.25, -0.2) is 4.79 Å². The normalized spacial score (nSPS) is 36.4. The molecule has 0 bridgehead atoms. The number of β-lactam (4-membered cyclic amide) rings is 1. The number of amides is 2. The Labute approximate surface area is 121 Å². The number of carboxylic acids is 1. The van der Waals surface area contributed by atoms with Crippen LogP contribution in [0.25, 0.3) is 0 Å². The molecule has 21 heavy (non-hydrogen) atoms. The zero-order valence-corrected chi connectivity index (χ0v) is 11.9. The van der Waals surface area contributed by atoms with Crippen molar-refractivity contribution in [1.29, 1.82) is 0 Å². The number of nitrogens with zero attached hydrogens (tertiary/aromatic N) is 1. The minimum Gasteiger partial charge on any atom is -0.477 e. The van der Waals surface area contributed by atoms with Crippen molar-refractivity contribution in [3.8, 4) is 0 Å². The number of fused-ring (bicyclic) bond motifs is 1. The van der Waals surface area contributed by atoms with E-state index in [1.807, 2.05) is 6.92 Å². The second-order valence-electron chi connectivity index (χ2n) is 6.07. The van der Waals surface area contributed by atoms with E-state index in [2.05, 4.69) is 5.32 Å². The van der Waals surface area contributed by atoms with Crippen molar-refractivity contribution in [2.24, 2.45) is 17.8 Å². The van der Waals surface area contributed by atoms with Gasteiger partial charge in [-0.05, 0) is 12.5 Å². The number of nitrogens with one attached hydrogen (secondary N) is 1. The van der Waals surface area contributed by atoms with Gasteiger partial charge in [-0.15, -0.1) is 0 Å². The highest BCUT2D eigenvalue weighted by molar-refractivity contribution is 6.00. The highest BCUT2D eigenvalue weighted by Crippen LogP contribution is 2.49. The minimum atomic E-state index is -1.14. The van der Waals surface area contributed by atoms with E-state index in [4.69, 9.17) is 0 Å². The van der Waals surface area contributed by atoms with Crippen molar-refractivity contribution in [2.45, 2.75) is 32.4 Å². The van der Waals surface area contributed by atoms with Crippen LogP contribution in [0.1, 0.15) is 20.3 Å². The third kappa shape index (κ3) is 1.80. The molecule has 2 amide bonds. The molecule has 3 heterocycles. The molecule has 7 nitrogen and oxygen atoms in total. The zero-order chi connectivity index (χ0) is 15.5. The van der Waals surface area contributed by atoms with Crippen LogP contribution in [0, 0.1) is 17.8 Å². The molecule has 3 rings (SSSR count). The number of hydrogen-bond acceptors (Lipinski definition) is 4. The van der Waals surface area contributed by atoms with Crippen LogP contribution in [0.2, 0.25) is 0 Å². The van der Waals surface area contributed by atoms with Gasteiger partial charge in [-0.3, -0.25) is 9.59 Å². The molecule has 7 heteroatoms. The van der Waals surface area contributed by atoms with Gasteiger partial charge in [-0.2, -0.15) is 0 Å². The Morgan fingerprint density at radius 1 is 1.43 bits per heavy atom. The quantitative estimate of drug-likeness (QED) is 0.598. The minimum absolute atomic E-state index is 0.0101. The van der Waals surface area contributed by atoms with Crippen LogP contribution < -0.4 is 5.32 Å². The summed E-state index contributed by atoms with van der Waals surface area (Å²) in [4.78, 5) is 36.4. The standard InChI is InChI=1S/C14H18N2O5/c1-5-9(7-3-8(18)15-4-7)12(14(20)21)16-11(5)10(6(2)17)13(16)19/h5-7,10-11,17H,3-4H2,1-2H3,(H,15,18)(H,20,21)/t5-,6-,7?,10-,11+/m1/s1. The molecule has 5 atom stereocenters. The molecule has 0 aromatic carbocycles. The SMILES string of the molecule is C[C@@H]1C(C2CNC(=O)C2)=C(C(=O)O)N2C(=O)[C@H]([C@@H](C)O)[C@H]12. The van der Waals surface area contributed by atoms with E-state index in [0.717, 1.165) is 0 Å². The summed E-state index contributed by atoms with van der Waals surface area (Å²) >= 11 is 0. The number of aliphatic carboxylic acids is 1. The van der Waals surface area contributed by atoms with Crippen LogP contribution in [0.15, 0.2) is 11.3 Å². The highest BCUT2D eigenvalue weighted by Gasteiger charge is 2.60. The summed E-state index contributed by atoms with van der Waals surface area (Å²) in [5.41, 5.74) is 0.665. The van der Waals surface area contributed by atoms with E-state index in [-0.39, 0.29) is 41.8 Å². The average Bonchev–Trinajstić information content (AvgIpc) is 2.89. The Kier molecular flexibility index (Phi) is 3.05. The van der Waals surface area contributed by atoms with Gasteiger partial charge in [0.25, 0.3) is 0 Å². The molecule has 0 spiro atoms. The third-order valence-corrected chi connectivity index (χ3v) is 4.85. The Hall–Kier alpha value is -1.89. The van der Waals surface area contributed by atoms with Crippen molar-refractivity contribution in [1.82, 2.24) is 10.2 Å². The fraction of sp³-hybridized carbons (Fsp3) is 0.643. The van der Waals surface area contributed by atoms with E-state index < -0.39 is 18.0 Å². The van der Waals surface area contributed by atoms with Gasteiger partial charge in [-0.1, -0.05) is 6.92 Å². The molecule has 114 valence electrons. The summed E-state index contributed by atoms with van der Waals surface area (Å²) < 4.78 is 0. The lowest BCUT2D eigenvalue weighted by Crippen LogP contribution is -2.63. The van der Waals surface area contributed by atoms with Gasteiger partial charge in [0, 0.05) is 24.8 Å². The van der Waals surface area contributed by atoms with Gasteiger partial charge in [0.15, 0.2) is 0 Å². The van der Waals surface area contributed by atoms with Crippen LogP contribution in [0.3, 0.4) is 0 Å². The molecule has 0 aliphatic carbocycles. The van der Waals surface area contributed by atoms with Gasteiger partial charge in [0.1, 0.15) is 5.70 Å². The number of hydrogen-bond donors (Lipinski definition) is 3. The lowest BCUT2D eigenvalue weighted by Gasteiger charge is -2.46. The largest absolute Gasteiger partial charge is 0.477 e. The third-order valence-electron chi connectivity index (χ3n) is 4.85. The predicted molar refractivity (Wildman–Crippen MR) is 70.7 cm³/mol. The predicted octanol–water partition coefficient (Wildman–Crippen LogP) is -0.681. The van der Waals surface area contributed by atoms with E-state index in [1.54, 1.807) is 6.92 Å². The Morgan fingerprint density at radius 2 is 2.10 bits per heavy atom. The molecule has 0 aromatic rings. The van der Waals surface area contributed by atoms with Gasteiger partial charge in [0.2, 0.25) is 11.8 Å². The van der Waals surface area contributed by atoms with E-state index in [1.165, 1.54) is 4.90 Å². The maximum atomic E-state index is 12.2. The second-order valence-corrected chi connectivity index (χ2v) is 6.07. The van der Waals surface area contributed by atoms with Crippen molar-refractivity contribution in [3.63, 3.8) is 0 Å². The average molecular weight is 294 g/mol. The van der Waals surface area contributed by atoms with E-state index in [0.29, 0.717) is 12.1 Å². The molecular weight excluding hydrogens is 276 g/mol. The Morgan fingerprint density at radius 3 is 2.57 bits per heavy atom. The first kappa shape index (κ1) is 14.1. The van der Waals surface area contributed by atoms with Crippen molar-refractivity contribution in [3.05, 3.63) is 11.3 Å². The molecule has 0 saturated carbocycles. The first-order valence-corrected chi connectivity index (χ1v) is 7.09. The van der Waals surface area contributed by atoms with Crippen LogP contribution in [-0.4, -0.2) is 51.6 Å². The first-order valence-electron chi connectivity index (χ1n) is 7.09. The fourth-order valence-corrected chi connectivity index (χ4v) is 3.97. The lowest BCUT2D eigenvalue weighted by atomic mass is 9.75. The molecule has 0 radical (unpaired) electrons. The number of aliphatic hydroxyl groups excluding tert-OH is 1. The smallest absolute Gasteiger partial charge is 0.352 e. The van der Waals surface area contributed by atoms with Crippen LogP contribution in [-0.2, 0) is 14.4 Å². The number of rotatable bonds is 3. The number of carbonyl (C=O) groups excluding carboxylic acids is 2. The fourth-order valence-electron chi connectivity index (χ4n) is 3.97. The summed E-state index contributed by atoms with van der Waals surface area (Å²) in [6.07, 6.45) is -0.552. The molecule has 2 saturated heterocycles. The van der Waals surface area contributed by atoms with Crippen molar-refractivity contribution >= 4 is 17.8 Å². The highest BCUT2D eigenvalue weighted by atomic mass is 16.4. The molecule has 3 N–H and O–H groups in total. The molecule has 2 fully saturated rings. The summed E-state index contributed by atoms with van der Waals surface area (Å²) in [6.45, 7) is 3.82. The van der Waals surface area contributed by atoms with Crippen LogP contribution in [0.4, 0.5) is 0 Å². The van der Waals surface area contributed by atoms with Crippen LogP contribution >= 0.6 is 0 Å². The van der Waals surface area contributed by atoms with Gasteiger partial charge < -0.3 is 20.4 Å². The summed E-state index contributed by atoms with van der Waals surface area (Å²) in [7, 11) is 0. The summed E-state index contributed by atoms with van der Waals surface area (Å²) in [5.74, 6) is -2.49. The van der Waals surface area contributed by atoms with E-state index in [9.17, 15) is 24.6 Å². The molecule has 0 aromatic heterocycles. The monoisotopic (exact) mass is 294 g/mol. The summed E-state index contributed by atoms with van der Waals surface area (Å²) in [6, 6.07) is -0.311. The Balaban J connectivity index is 2.00. The molecule has 3 aliphatic heterocycles. The molecule has 3 aliphatic rings. The lowest BCUT2D eigenvalue weighted by molar-refractivity contribution is -0.163. The van der Waals surface area contributed by atoms with E-state index >= 15 is 0 Å². The van der Waals surface area contributed by atoms with Crippen molar-refractivity contribution in [2.75, 3.05) is 6.54 Å². The van der Waals surface area contributed by atoms with Crippen molar-refractivity contribution < 1.29 is 24.6 Å².